The van der Waals surface area contributed by atoms with Crippen LogP contribution in [0.3, 0.4) is 0 Å². The van der Waals surface area contributed by atoms with E-state index in [2.05, 4.69) is 15.0 Å². The van der Waals surface area contributed by atoms with Crippen molar-refractivity contribution in [1.82, 2.24) is 10.3 Å². The molecule has 0 spiro atoms. The van der Waals surface area contributed by atoms with Crippen LogP contribution in [0.1, 0.15) is 39.1 Å². The molecule has 1 fully saturated rings. The van der Waals surface area contributed by atoms with Crippen molar-refractivity contribution in [2.24, 2.45) is 0 Å². The lowest BCUT2D eigenvalue weighted by atomic mass is 10.0. The van der Waals surface area contributed by atoms with E-state index in [0.29, 0.717) is 17.2 Å². The number of nitrogens with zero attached hydrogens (tertiary/aromatic N) is 1. The van der Waals surface area contributed by atoms with Crippen LogP contribution in [0.15, 0.2) is 0 Å². The summed E-state index contributed by atoms with van der Waals surface area (Å²) < 4.78 is 9.93. The number of carbonyl (C=O) groups excluding carboxylic acids is 2. The molecule has 1 atom stereocenters. The zero-order valence-electron chi connectivity index (χ0n) is 11.6. The second-order valence-corrected chi connectivity index (χ2v) is 5.67. The highest BCUT2D eigenvalue weighted by Crippen LogP contribution is 2.30. The van der Waals surface area contributed by atoms with Gasteiger partial charge in [0.15, 0.2) is 0 Å². The van der Waals surface area contributed by atoms with Crippen molar-refractivity contribution >= 4 is 23.2 Å². The molecule has 1 N–H and O–H groups in total. The Kier molecular flexibility index (Phi) is 5.08. The third-order valence-corrected chi connectivity index (χ3v) is 4.47. The molecule has 0 aromatic carbocycles. The summed E-state index contributed by atoms with van der Waals surface area (Å²) in [4.78, 5) is 28.0. The van der Waals surface area contributed by atoms with Crippen molar-refractivity contribution in [3.8, 4) is 0 Å². The van der Waals surface area contributed by atoms with Crippen LogP contribution in [0, 0.1) is 6.92 Å². The van der Waals surface area contributed by atoms with Gasteiger partial charge in [-0.15, -0.1) is 11.3 Å². The average molecular weight is 298 g/mol. The summed E-state index contributed by atoms with van der Waals surface area (Å²) in [5.74, 6) is -0.482. The third-order valence-electron chi connectivity index (χ3n) is 3.15. The van der Waals surface area contributed by atoms with Crippen molar-refractivity contribution in [3.63, 3.8) is 0 Å². The molecule has 2 heterocycles. The van der Waals surface area contributed by atoms with Gasteiger partial charge in [0.05, 0.1) is 24.4 Å². The number of methoxy groups -OCH3 is 1. The first-order valence-corrected chi connectivity index (χ1v) is 7.33. The second-order valence-electron chi connectivity index (χ2n) is 4.64. The first-order valence-electron chi connectivity index (χ1n) is 6.52. The van der Waals surface area contributed by atoms with E-state index < -0.39 is 5.97 Å². The molecule has 1 aromatic rings. The minimum Gasteiger partial charge on any atom is -0.468 e. The molecule has 6 nitrogen and oxygen atoms in total. The Balaban J connectivity index is 2.02. The number of hydrogen-bond donors (Lipinski definition) is 1. The molecule has 0 bridgehead atoms. The molecule has 1 saturated heterocycles. The van der Waals surface area contributed by atoms with E-state index in [1.165, 1.54) is 18.4 Å². The van der Waals surface area contributed by atoms with Crippen molar-refractivity contribution < 1.29 is 19.1 Å². The fourth-order valence-corrected chi connectivity index (χ4v) is 3.15. The molecule has 7 heteroatoms. The number of esters is 1. The topological polar surface area (TPSA) is 77.5 Å². The second kappa shape index (κ2) is 6.81. The van der Waals surface area contributed by atoms with Gasteiger partial charge in [-0.25, -0.2) is 4.98 Å². The Morgan fingerprint density at radius 3 is 3.00 bits per heavy atom. The minimum absolute atomic E-state index is 0.130. The van der Waals surface area contributed by atoms with Crippen LogP contribution in [0.25, 0.3) is 0 Å². The van der Waals surface area contributed by atoms with Gasteiger partial charge in [0.25, 0.3) is 5.91 Å². The summed E-state index contributed by atoms with van der Waals surface area (Å²) in [5.41, 5.74) is 0.693. The summed E-state index contributed by atoms with van der Waals surface area (Å²) >= 11 is 1.38. The number of carbonyl (C=O) groups is 2. The van der Waals surface area contributed by atoms with Crippen LogP contribution in [-0.2, 0) is 14.3 Å². The Bertz CT molecular complexity index is 495. The molecule has 1 unspecified atom stereocenters. The first kappa shape index (κ1) is 14.9. The summed E-state index contributed by atoms with van der Waals surface area (Å²) in [6.45, 7) is 3.13. The predicted octanol–water partition coefficient (Wildman–Crippen LogP) is 1.25. The summed E-state index contributed by atoms with van der Waals surface area (Å²) in [7, 11) is 1.29. The van der Waals surface area contributed by atoms with Crippen LogP contribution in [0.4, 0.5) is 0 Å². The van der Waals surface area contributed by atoms with E-state index >= 15 is 0 Å². The van der Waals surface area contributed by atoms with Gasteiger partial charge in [0.1, 0.15) is 11.4 Å². The van der Waals surface area contributed by atoms with Gasteiger partial charge in [-0.1, -0.05) is 0 Å². The van der Waals surface area contributed by atoms with Crippen LogP contribution < -0.4 is 5.32 Å². The fraction of sp³-hybridized carbons (Fsp3) is 0.615. The van der Waals surface area contributed by atoms with E-state index in [-0.39, 0.29) is 18.4 Å². The molecular weight excluding hydrogens is 280 g/mol. The number of rotatable bonds is 4. The molecule has 0 radical (unpaired) electrons. The highest BCUT2D eigenvalue weighted by molar-refractivity contribution is 7.13. The molecule has 1 aromatic heterocycles. The maximum absolute atomic E-state index is 12.0. The largest absolute Gasteiger partial charge is 0.468 e. The van der Waals surface area contributed by atoms with Crippen molar-refractivity contribution in [2.45, 2.75) is 25.7 Å². The highest BCUT2D eigenvalue weighted by Gasteiger charge is 2.23. The van der Waals surface area contributed by atoms with Crippen LogP contribution in [0.2, 0.25) is 0 Å². The van der Waals surface area contributed by atoms with Crippen LogP contribution in [-0.4, -0.2) is 43.7 Å². The number of nitrogens with one attached hydrogen (secondary N) is 1. The van der Waals surface area contributed by atoms with Crippen LogP contribution in [0.5, 0.6) is 0 Å². The van der Waals surface area contributed by atoms with Gasteiger partial charge in [0, 0.05) is 12.5 Å². The maximum atomic E-state index is 12.0. The minimum atomic E-state index is -0.471. The van der Waals surface area contributed by atoms with Crippen molar-refractivity contribution in [3.05, 3.63) is 15.6 Å². The van der Waals surface area contributed by atoms with E-state index in [9.17, 15) is 9.59 Å². The summed E-state index contributed by atoms with van der Waals surface area (Å²) in [5, 5.41) is 3.47. The average Bonchev–Trinajstić information content (AvgIpc) is 2.87. The lowest BCUT2D eigenvalue weighted by Gasteiger charge is -2.19. The normalized spacial score (nSPS) is 18.6. The standard InChI is InChI=1S/C13H18N2O4S/c1-8-11(12(17)14-6-10(16)18-2)20-13(15-8)9-4-3-5-19-7-9/h9H,3-7H2,1-2H3,(H,14,17). The SMILES string of the molecule is COC(=O)CNC(=O)c1sc(C2CCCOC2)nc1C. The number of ether oxygens (including phenoxy) is 2. The lowest BCUT2D eigenvalue weighted by Crippen LogP contribution is -2.29. The number of aryl methyl sites for hydroxylation is 1. The number of aromatic nitrogens is 1. The Morgan fingerprint density at radius 1 is 1.55 bits per heavy atom. The predicted molar refractivity (Wildman–Crippen MR) is 74.0 cm³/mol. The lowest BCUT2D eigenvalue weighted by molar-refractivity contribution is -0.139. The Morgan fingerprint density at radius 2 is 2.35 bits per heavy atom. The zero-order chi connectivity index (χ0) is 14.5. The molecule has 1 amide bonds. The van der Waals surface area contributed by atoms with Crippen molar-refractivity contribution in [1.29, 1.82) is 0 Å². The Hall–Kier alpha value is -1.47. The summed E-state index contributed by atoms with van der Waals surface area (Å²) in [6.07, 6.45) is 2.06. The maximum Gasteiger partial charge on any atom is 0.325 e. The molecule has 0 saturated carbocycles. The van der Waals surface area contributed by atoms with Crippen molar-refractivity contribution in [2.75, 3.05) is 26.9 Å². The highest BCUT2D eigenvalue weighted by atomic mass is 32.1. The van der Waals surface area contributed by atoms with E-state index in [0.717, 1.165) is 24.5 Å². The molecular formula is C13H18N2O4S. The third kappa shape index (κ3) is 3.55. The van der Waals surface area contributed by atoms with E-state index in [4.69, 9.17) is 4.74 Å². The van der Waals surface area contributed by atoms with E-state index in [1.54, 1.807) is 6.92 Å². The van der Waals surface area contributed by atoms with Gasteiger partial charge in [-0.3, -0.25) is 9.59 Å². The first-order chi connectivity index (χ1) is 9.61. The molecule has 1 aliphatic rings. The van der Waals surface area contributed by atoms with Crippen LogP contribution >= 0.6 is 11.3 Å². The van der Waals surface area contributed by atoms with Gasteiger partial charge < -0.3 is 14.8 Å². The smallest absolute Gasteiger partial charge is 0.325 e. The molecule has 1 aliphatic heterocycles. The monoisotopic (exact) mass is 298 g/mol. The number of amides is 1. The summed E-state index contributed by atoms with van der Waals surface area (Å²) in [6, 6.07) is 0. The fourth-order valence-electron chi connectivity index (χ4n) is 2.04. The Labute approximate surface area is 121 Å². The molecule has 20 heavy (non-hydrogen) atoms. The molecule has 0 aliphatic carbocycles. The van der Waals surface area contributed by atoms with Gasteiger partial charge >= 0.3 is 5.97 Å². The van der Waals surface area contributed by atoms with Gasteiger partial charge in [-0.2, -0.15) is 0 Å². The zero-order valence-corrected chi connectivity index (χ0v) is 12.4. The van der Waals surface area contributed by atoms with Gasteiger partial charge in [0.2, 0.25) is 0 Å². The quantitative estimate of drug-likeness (QED) is 0.846. The number of thiazole rings is 1. The van der Waals surface area contributed by atoms with Gasteiger partial charge in [-0.05, 0) is 19.8 Å². The number of hydrogen-bond acceptors (Lipinski definition) is 6. The molecule has 2 rings (SSSR count). The molecule has 110 valence electrons. The van der Waals surface area contributed by atoms with E-state index in [1.807, 2.05) is 0 Å².